The van der Waals surface area contributed by atoms with Crippen molar-refractivity contribution in [3.8, 4) is 11.1 Å². The van der Waals surface area contributed by atoms with Crippen LogP contribution in [0.5, 0.6) is 0 Å². The highest BCUT2D eigenvalue weighted by atomic mass is 28.3. The van der Waals surface area contributed by atoms with E-state index in [1.54, 1.807) is 0 Å². The number of benzene rings is 6. The molecular weight excluding hydrogens is 876 g/mol. The van der Waals surface area contributed by atoms with E-state index in [4.69, 9.17) is 4.42 Å². The maximum absolute atomic E-state index is 7.73. The topological polar surface area (TPSA) is 19.6 Å². The summed E-state index contributed by atoms with van der Waals surface area (Å²) in [5.74, 6) is 0. The summed E-state index contributed by atoms with van der Waals surface area (Å²) in [5.41, 5.74) is 25.1. The fraction of sp³-hybridized carbons (Fsp3) is 0.424. The number of furan rings is 1. The predicted molar refractivity (Wildman–Crippen MR) is 309 cm³/mol. The smallest absolute Gasteiger partial charge is 0.297 e. The summed E-state index contributed by atoms with van der Waals surface area (Å²) in [6.45, 7) is 39.2. The number of hydrogen-bond acceptors (Lipinski definition) is 3. The Morgan fingerprint density at radius 3 is 1.48 bits per heavy atom. The zero-order valence-corrected chi connectivity index (χ0v) is 46.9. The molecule has 0 saturated heterocycles. The van der Waals surface area contributed by atoms with Crippen LogP contribution >= 0.6 is 0 Å². The minimum Gasteiger partial charge on any atom is -0.468 e. The van der Waals surface area contributed by atoms with Crippen LogP contribution in [-0.4, -0.2) is 14.8 Å². The molecule has 3 heterocycles. The van der Waals surface area contributed by atoms with Crippen molar-refractivity contribution in [1.29, 1.82) is 0 Å². The molecule has 6 aromatic carbocycles. The molecule has 12 rings (SSSR count). The van der Waals surface area contributed by atoms with Gasteiger partial charge in [0.1, 0.15) is 5.58 Å². The van der Waals surface area contributed by atoms with Crippen molar-refractivity contribution in [1.82, 2.24) is 0 Å². The van der Waals surface area contributed by atoms with Gasteiger partial charge < -0.3 is 14.2 Å². The monoisotopic (exact) mass is 953 g/mol. The Hall–Kier alpha value is -5.26. The summed E-state index contributed by atoms with van der Waals surface area (Å²) in [7, 11) is -1.58. The standard InChI is InChI=1S/C66H77BN2OSi/c1-40-32-55-58-56(33-40)69(53-37-49-46(61(2,3)26-29-64(49,8)9)34-44(53)41-20-18-17-19-21-41)54-38-50-48(63(6,7)28-30-65(50,10)11)36-52(54)67(58)60-59(68(55)42-22-24-43(25-23-42)71(14,15)16)45-35-47-51(39-57(45)70-60)66(12,13)31-27-62(47,4)5/h17-25,32-39H,26-31H2,1-16H3. The van der Waals surface area contributed by atoms with Crippen molar-refractivity contribution < 1.29 is 4.42 Å². The molecule has 0 saturated carbocycles. The molecule has 0 atom stereocenters. The van der Waals surface area contributed by atoms with Crippen molar-refractivity contribution in [2.45, 2.75) is 181 Å². The first kappa shape index (κ1) is 46.8. The molecule has 5 heteroatoms. The van der Waals surface area contributed by atoms with Crippen LogP contribution < -0.4 is 31.6 Å². The van der Waals surface area contributed by atoms with E-state index >= 15 is 0 Å². The molecule has 364 valence electrons. The van der Waals surface area contributed by atoms with Crippen LogP contribution in [0.25, 0.3) is 22.1 Å². The van der Waals surface area contributed by atoms with Crippen LogP contribution in [0.4, 0.5) is 34.1 Å². The normalized spacial score (nSPS) is 20.4. The third kappa shape index (κ3) is 6.93. The summed E-state index contributed by atoms with van der Waals surface area (Å²) in [5, 5.41) is 2.70. The predicted octanol–water partition coefficient (Wildman–Crippen LogP) is 16.1. The average molecular weight is 953 g/mol. The van der Waals surface area contributed by atoms with Crippen molar-refractivity contribution in [3.05, 3.63) is 142 Å². The Morgan fingerprint density at radius 2 is 0.944 bits per heavy atom. The van der Waals surface area contributed by atoms with Crippen LogP contribution in [0.3, 0.4) is 0 Å². The minimum absolute atomic E-state index is 0.0162. The number of hydrogen-bond donors (Lipinski definition) is 0. The number of nitrogens with zero attached hydrogens (tertiary/aromatic N) is 2. The average Bonchev–Trinajstić information content (AvgIpc) is 3.68. The van der Waals surface area contributed by atoms with Gasteiger partial charge in [-0.05, 0) is 188 Å². The van der Waals surface area contributed by atoms with Crippen molar-refractivity contribution >= 4 is 81.7 Å². The Labute approximate surface area is 427 Å². The summed E-state index contributed by atoms with van der Waals surface area (Å²) >= 11 is 0. The summed E-state index contributed by atoms with van der Waals surface area (Å²) in [6, 6.07) is 41.6. The Kier molecular flexibility index (Phi) is 9.84. The van der Waals surface area contributed by atoms with Gasteiger partial charge in [0, 0.05) is 33.7 Å². The molecule has 0 N–H and O–H groups in total. The second kappa shape index (κ2) is 14.9. The molecule has 0 bridgehead atoms. The quantitative estimate of drug-likeness (QED) is 0.164. The lowest BCUT2D eigenvalue weighted by Crippen LogP contribution is -2.61. The van der Waals surface area contributed by atoms with E-state index in [0.29, 0.717) is 0 Å². The summed E-state index contributed by atoms with van der Waals surface area (Å²) < 4.78 is 7.73. The van der Waals surface area contributed by atoms with E-state index in [2.05, 4.69) is 223 Å². The second-order valence-electron chi connectivity index (χ2n) is 27.9. The van der Waals surface area contributed by atoms with Gasteiger partial charge in [0.25, 0.3) is 6.71 Å². The van der Waals surface area contributed by atoms with Crippen LogP contribution in [0, 0.1) is 6.92 Å². The molecule has 7 aromatic rings. The van der Waals surface area contributed by atoms with Gasteiger partial charge in [0.05, 0.1) is 25.1 Å². The van der Waals surface area contributed by atoms with Crippen LogP contribution in [0.15, 0.2) is 108 Å². The van der Waals surface area contributed by atoms with Gasteiger partial charge in [0.15, 0.2) is 0 Å². The van der Waals surface area contributed by atoms with Gasteiger partial charge >= 0.3 is 0 Å². The zero-order chi connectivity index (χ0) is 50.3. The highest BCUT2D eigenvalue weighted by Gasteiger charge is 2.50. The van der Waals surface area contributed by atoms with Crippen molar-refractivity contribution in [2.75, 3.05) is 9.80 Å². The maximum Gasteiger partial charge on any atom is 0.297 e. The van der Waals surface area contributed by atoms with Gasteiger partial charge in [-0.25, -0.2) is 0 Å². The second-order valence-corrected chi connectivity index (χ2v) is 32.9. The highest BCUT2D eigenvalue weighted by Crippen LogP contribution is 2.56. The molecular formula is C66H77BN2OSi. The molecule has 1 aromatic heterocycles. The third-order valence-electron chi connectivity index (χ3n) is 19.0. The summed E-state index contributed by atoms with van der Waals surface area (Å²) in [6.07, 6.45) is 6.96. The van der Waals surface area contributed by atoms with E-state index in [9.17, 15) is 0 Å². The first-order chi connectivity index (χ1) is 33.2. The largest absolute Gasteiger partial charge is 0.468 e. The number of anilines is 6. The summed E-state index contributed by atoms with van der Waals surface area (Å²) in [4.78, 5) is 5.36. The van der Waals surface area contributed by atoms with Gasteiger partial charge in [-0.2, -0.15) is 0 Å². The molecule has 3 aliphatic carbocycles. The Bertz CT molecular complexity index is 3380. The van der Waals surface area contributed by atoms with Gasteiger partial charge in [-0.1, -0.05) is 156 Å². The lowest BCUT2D eigenvalue weighted by atomic mass is 9.35. The van der Waals surface area contributed by atoms with Crippen molar-refractivity contribution in [2.24, 2.45) is 0 Å². The van der Waals surface area contributed by atoms with E-state index in [0.717, 1.165) is 43.3 Å². The van der Waals surface area contributed by atoms with Crippen LogP contribution in [0.2, 0.25) is 19.6 Å². The highest BCUT2D eigenvalue weighted by molar-refractivity contribution is 7.00. The number of fused-ring (bicyclic) bond motifs is 9. The maximum atomic E-state index is 7.73. The van der Waals surface area contributed by atoms with Crippen molar-refractivity contribution in [3.63, 3.8) is 0 Å². The number of rotatable bonds is 4. The first-order valence-corrected chi connectivity index (χ1v) is 30.6. The molecule has 2 aliphatic heterocycles. The van der Waals surface area contributed by atoms with E-state index in [1.807, 2.05) is 0 Å². The SMILES string of the molecule is Cc1cc2c3c(c1)N(c1ccc([Si](C)(C)C)cc1)c1c(oc4cc5c(cc14)C(C)(C)CCC5(C)C)B3c1cc3c(cc1N2c1cc2c(cc1-c1ccccc1)C(C)(C)CCC2(C)C)C(C)(C)CCC3(C)C. The molecule has 0 fully saturated rings. The lowest BCUT2D eigenvalue weighted by Gasteiger charge is -2.47. The molecule has 3 nitrogen and oxygen atoms in total. The van der Waals surface area contributed by atoms with Crippen LogP contribution in [-0.2, 0) is 32.5 Å². The van der Waals surface area contributed by atoms with Gasteiger partial charge in [-0.3, -0.25) is 0 Å². The van der Waals surface area contributed by atoms with Gasteiger partial charge in [0.2, 0.25) is 0 Å². The van der Waals surface area contributed by atoms with E-state index < -0.39 is 8.07 Å². The lowest BCUT2D eigenvalue weighted by molar-refractivity contribution is 0.332. The fourth-order valence-electron chi connectivity index (χ4n) is 14.0. The Balaban J connectivity index is 1.24. The third-order valence-corrected chi connectivity index (χ3v) is 21.1. The van der Waals surface area contributed by atoms with E-state index in [-0.39, 0.29) is 39.2 Å². The first-order valence-electron chi connectivity index (χ1n) is 27.1. The van der Waals surface area contributed by atoms with Gasteiger partial charge in [-0.15, -0.1) is 0 Å². The molecule has 71 heavy (non-hydrogen) atoms. The fourth-order valence-corrected chi connectivity index (χ4v) is 15.2. The minimum atomic E-state index is -1.58. The van der Waals surface area contributed by atoms with Crippen LogP contribution in [0.1, 0.15) is 161 Å². The van der Waals surface area contributed by atoms with E-state index in [1.165, 1.54) is 112 Å². The molecule has 0 radical (unpaired) electrons. The molecule has 0 unspecified atom stereocenters. The molecule has 0 spiro atoms. The Morgan fingerprint density at radius 1 is 0.479 bits per heavy atom. The molecule has 0 amide bonds. The molecule has 5 aliphatic rings. The zero-order valence-electron chi connectivity index (χ0n) is 45.9. The number of aryl methyl sites for hydroxylation is 1.